The molecule has 1 aromatic rings. The average molecular weight is 370 g/mol. The lowest BCUT2D eigenvalue weighted by Crippen LogP contribution is -2.34. The van der Waals surface area contributed by atoms with Crippen LogP contribution in [0.25, 0.3) is 0 Å². The smallest absolute Gasteiger partial charge is 0.228 e. The Kier molecular flexibility index (Phi) is 9.44. The standard InChI is InChI=1S/C16H24ClN5OS/c1-4-21(24-3)10-8-15(23)22(5-2)14(16(17)18)12-20-13-7-6-9-19-11-13/h6-7,9,11-12,18,20H,4-5,8,10H2,1-3H3/b14-12+,18-16?. The van der Waals surface area contributed by atoms with Crippen LogP contribution in [0.1, 0.15) is 20.3 Å². The molecule has 0 spiro atoms. The van der Waals surface area contributed by atoms with Gasteiger partial charge in [-0.2, -0.15) is 0 Å². The lowest BCUT2D eigenvalue weighted by Gasteiger charge is -2.24. The maximum atomic E-state index is 12.5. The van der Waals surface area contributed by atoms with Gasteiger partial charge < -0.3 is 10.2 Å². The van der Waals surface area contributed by atoms with Crippen LogP contribution in [-0.2, 0) is 4.79 Å². The summed E-state index contributed by atoms with van der Waals surface area (Å²) in [5.74, 6) is -0.0605. The Bertz CT molecular complexity index is 563. The molecule has 0 aliphatic rings. The molecule has 8 heteroatoms. The number of pyridine rings is 1. The monoisotopic (exact) mass is 369 g/mol. The minimum absolute atomic E-state index is 0.0605. The van der Waals surface area contributed by atoms with Crippen molar-refractivity contribution in [1.82, 2.24) is 14.2 Å². The highest BCUT2D eigenvalue weighted by molar-refractivity contribution is 7.96. The Morgan fingerprint density at radius 3 is 2.71 bits per heavy atom. The number of aromatic nitrogens is 1. The third-order valence-corrected chi connectivity index (χ3v) is 4.51. The molecule has 1 amide bonds. The van der Waals surface area contributed by atoms with Gasteiger partial charge in [-0.1, -0.05) is 30.5 Å². The molecule has 1 rings (SSSR count). The van der Waals surface area contributed by atoms with Gasteiger partial charge in [-0.15, -0.1) is 0 Å². The van der Waals surface area contributed by atoms with Crippen LogP contribution in [0.4, 0.5) is 5.69 Å². The van der Waals surface area contributed by atoms with Crippen molar-refractivity contribution in [2.45, 2.75) is 20.3 Å². The van der Waals surface area contributed by atoms with Crippen LogP contribution in [0, 0.1) is 5.41 Å². The minimum Gasteiger partial charge on any atom is -0.358 e. The van der Waals surface area contributed by atoms with Crippen LogP contribution >= 0.6 is 23.5 Å². The normalized spacial score (nSPS) is 11.5. The number of nitrogens with zero attached hydrogens (tertiary/aromatic N) is 3. The molecule has 6 nitrogen and oxygen atoms in total. The van der Waals surface area contributed by atoms with E-state index in [-0.39, 0.29) is 11.1 Å². The van der Waals surface area contributed by atoms with Crippen molar-refractivity contribution in [2.75, 3.05) is 31.2 Å². The molecule has 1 heterocycles. The zero-order valence-electron chi connectivity index (χ0n) is 14.3. The molecule has 0 radical (unpaired) electrons. The molecule has 0 saturated carbocycles. The average Bonchev–Trinajstić information content (AvgIpc) is 2.59. The lowest BCUT2D eigenvalue weighted by atomic mass is 10.3. The second kappa shape index (κ2) is 11.1. The number of halogens is 1. The molecule has 1 aromatic heterocycles. The second-order valence-electron chi connectivity index (χ2n) is 4.82. The molecule has 0 atom stereocenters. The van der Waals surface area contributed by atoms with Crippen molar-refractivity contribution in [3.05, 3.63) is 36.4 Å². The first kappa shape index (κ1) is 20.5. The number of nitrogens with one attached hydrogen (secondary N) is 2. The van der Waals surface area contributed by atoms with E-state index < -0.39 is 0 Å². The Morgan fingerprint density at radius 2 is 2.21 bits per heavy atom. The van der Waals surface area contributed by atoms with E-state index in [9.17, 15) is 4.79 Å². The molecule has 0 fully saturated rings. The van der Waals surface area contributed by atoms with Gasteiger partial charge in [-0.05, 0) is 25.3 Å². The Labute approximate surface area is 152 Å². The van der Waals surface area contributed by atoms with Gasteiger partial charge in [0.05, 0.1) is 17.6 Å². The summed E-state index contributed by atoms with van der Waals surface area (Å²) in [5.41, 5.74) is 1.11. The summed E-state index contributed by atoms with van der Waals surface area (Å²) in [5, 5.41) is 10.6. The van der Waals surface area contributed by atoms with Gasteiger partial charge in [0.1, 0.15) is 5.17 Å². The largest absolute Gasteiger partial charge is 0.358 e. The van der Waals surface area contributed by atoms with Crippen molar-refractivity contribution >= 4 is 40.3 Å². The molecule has 0 unspecified atom stereocenters. The Balaban J connectivity index is 2.82. The molecular formula is C16H24ClN5OS. The second-order valence-corrected chi connectivity index (χ2v) is 6.08. The predicted octanol–water partition coefficient (Wildman–Crippen LogP) is 3.39. The fourth-order valence-corrected chi connectivity index (χ4v) is 2.76. The molecule has 0 aromatic carbocycles. The van der Waals surface area contributed by atoms with Crippen LogP contribution < -0.4 is 5.32 Å². The SMILES string of the molecule is CCN(CCC(=O)N(CC)/C(=C/Nc1cccnc1)C(=N)Cl)SC. The molecule has 24 heavy (non-hydrogen) atoms. The van der Waals surface area contributed by atoms with E-state index in [0.717, 1.165) is 12.2 Å². The number of hydrogen-bond acceptors (Lipinski definition) is 6. The molecule has 132 valence electrons. The molecule has 0 bridgehead atoms. The quantitative estimate of drug-likeness (QED) is 0.488. The van der Waals surface area contributed by atoms with Crippen LogP contribution in [0.3, 0.4) is 0 Å². The number of rotatable bonds is 10. The van der Waals surface area contributed by atoms with Crippen molar-refractivity contribution in [3.8, 4) is 0 Å². The molecule has 2 N–H and O–H groups in total. The first-order valence-corrected chi connectivity index (χ1v) is 9.29. The maximum Gasteiger partial charge on any atom is 0.228 e. The van der Waals surface area contributed by atoms with E-state index in [4.69, 9.17) is 17.0 Å². The van der Waals surface area contributed by atoms with E-state index in [0.29, 0.717) is 25.2 Å². The fraction of sp³-hybridized carbons (Fsp3) is 0.438. The number of anilines is 1. The van der Waals surface area contributed by atoms with Crippen LogP contribution in [0.15, 0.2) is 36.4 Å². The van der Waals surface area contributed by atoms with E-state index in [1.807, 2.05) is 19.2 Å². The number of allylic oxidation sites excluding steroid dienone is 1. The highest BCUT2D eigenvalue weighted by Gasteiger charge is 2.19. The van der Waals surface area contributed by atoms with Crippen molar-refractivity contribution < 1.29 is 4.79 Å². The predicted molar refractivity (Wildman–Crippen MR) is 102 cm³/mol. The van der Waals surface area contributed by atoms with E-state index in [2.05, 4.69) is 21.5 Å². The van der Waals surface area contributed by atoms with E-state index in [1.54, 1.807) is 36.6 Å². The third-order valence-electron chi connectivity index (χ3n) is 3.36. The van der Waals surface area contributed by atoms with Crippen LogP contribution in [0.2, 0.25) is 0 Å². The zero-order chi connectivity index (χ0) is 17.9. The van der Waals surface area contributed by atoms with Gasteiger partial charge in [0, 0.05) is 38.5 Å². The first-order chi connectivity index (χ1) is 11.5. The van der Waals surface area contributed by atoms with Gasteiger partial charge in [0.15, 0.2) is 0 Å². The summed E-state index contributed by atoms with van der Waals surface area (Å²) in [6.07, 6.45) is 7.26. The number of carbonyl (C=O) groups excluding carboxylic acids is 1. The van der Waals surface area contributed by atoms with Gasteiger partial charge in [0.25, 0.3) is 0 Å². The molecule has 0 saturated heterocycles. The summed E-state index contributed by atoms with van der Waals surface area (Å²) in [6.45, 7) is 5.89. The van der Waals surface area contributed by atoms with E-state index >= 15 is 0 Å². The van der Waals surface area contributed by atoms with Gasteiger partial charge in [-0.25, -0.2) is 0 Å². The van der Waals surface area contributed by atoms with Gasteiger partial charge in [0.2, 0.25) is 5.91 Å². The van der Waals surface area contributed by atoms with E-state index in [1.165, 1.54) is 4.90 Å². The van der Waals surface area contributed by atoms with Crippen molar-refractivity contribution in [1.29, 1.82) is 5.41 Å². The Morgan fingerprint density at radius 1 is 1.46 bits per heavy atom. The van der Waals surface area contributed by atoms with Crippen LogP contribution in [0.5, 0.6) is 0 Å². The number of carbonyl (C=O) groups is 1. The minimum atomic E-state index is -0.182. The van der Waals surface area contributed by atoms with Crippen molar-refractivity contribution in [2.24, 2.45) is 0 Å². The summed E-state index contributed by atoms with van der Waals surface area (Å²) < 4.78 is 2.11. The van der Waals surface area contributed by atoms with Gasteiger partial charge >= 0.3 is 0 Å². The first-order valence-electron chi connectivity index (χ1n) is 7.74. The molecular weight excluding hydrogens is 346 g/mol. The third kappa shape index (κ3) is 6.51. The number of hydrogen-bond donors (Lipinski definition) is 2. The highest BCUT2D eigenvalue weighted by Crippen LogP contribution is 2.14. The molecule has 0 aliphatic heterocycles. The summed E-state index contributed by atoms with van der Waals surface area (Å²) in [4.78, 5) is 18.1. The summed E-state index contributed by atoms with van der Waals surface area (Å²) >= 11 is 7.51. The number of amides is 1. The molecule has 0 aliphatic carbocycles. The summed E-state index contributed by atoms with van der Waals surface area (Å²) in [7, 11) is 0. The lowest BCUT2D eigenvalue weighted by molar-refractivity contribution is -0.128. The fourth-order valence-electron chi connectivity index (χ4n) is 2.07. The zero-order valence-corrected chi connectivity index (χ0v) is 15.8. The highest BCUT2D eigenvalue weighted by atomic mass is 35.5. The Hall–Kier alpha value is -1.57. The van der Waals surface area contributed by atoms with Gasteiger partial charge in [-0.3, -0.25) is 19.5 Å². The van der Waals surface area contributed by atoms with Crippen molar-refractivity contribution in [3.63, 3.8) is 0 Å². The topological polar surface area (TPSA) is 72.3 Å². The summed E-state index contributed by atoms with van der Waals surface area (Å²) in [6, 6.07) is 3.64. The maximum absolute atomic E-state index is 12.5. The van der Waals surface area contributed by atoms with Crippen LogP contribution in [-0.4, -0.2) is 51.2 Å².